The number of aromatic nitrogens is 1. The van der Waals surface area contributed by atoms with E-state index >= 15 is 0 Å². The third-order valence-electron chi connectivity index (χ3n) is 6.46. The van der Waals surface area contributed by atoms with Crippen LogP contribution in [0.5, 0.6) is 0 Å². The molecule has 4 atom stereocenters. The molecule has 214 valence electrons. The molecule has 0 radical (unpaired) electrons. The number of thiazole rings is 1. The van der Waals surface area contributed by atoms with Crippen LogP contribution in [0.3, 0.4) is 0 Å². The molecule has 1 unspecified atom stereocenters. The molecule has 0 aliphatic carbocycles. The Hall–Kier alpha value is -3.02. The first-order valence-electron chi connectivity index (χ1n) is 13.0. The van der Waals surface area contributed by atoms with E-state index in [1.807, 2.05) is 31.2 Å². The molecule has 0 bridgehead atoms. The Kier molecular flexibility index (Phi) is 9.40. The summed E-state index contributed by atoms with van der Waals surface area (Å²) in [6.07, 6.45) is -1.60. The van der Waals surface area contributed by atoms with Crippen LogP contribution in [0, 0.1) is 12.3 Å². The Bertz CT molecular complexity index is 1170. The zero-order valence-corrected chi connectivity index (χ0v) is 24.5. The molecule has 11 heteroatoms. The van der Waals surface area contributed by atoms with Crippen LogP contribution in [0.15, 0.2) is 29.8 Å². The van der Waals surface area contributed by atoms with E-state index in [1.165, 1.54) is 16.2 Å². The summed E-state index contributed by atoms with van der Waals surface area (Å²) in [6.45, 7) is 12.1. The summed E-state index contributed by atoms with van der Waals surface area (Å²) < 4.78 is 5.35. The number of nitrogens with one attached hydrogen (secondary N) is 2. The van der Waals surface area contributed by atoms with Crippen molar-refractivity contribution in [1.29, 1.82) is 0 Å². The number of aliphatic hydroxyl groups is 2. The molecule has 1 aromatic heterocycles. The van der Waals surface area contributed by atoms with Crippen LogP contribution in [-0.4, -0.2) is 74.9 Å². The Morgan fingerprint density at radius 3 is 2.28 bits per heavy atom. The van der Waals surface area contributed by atoms with Gasteiger partial charge in [-0.25, -0.2) is 9.78 Å². The molecule has 3 rings (SSSR count). The third kappa shape index (κ3) is 7.77. The normalized spacial score (nSPS) is 19.4. The maximum absolute atomic E-state index is 13.7. The first-order valence-corrected chi connectivity index (χ1v) is 13.9. The van der Waals surface area contributed by atoms with Gasteiger partial charge in [0.1, 0.15) is 17.7 Å². The number of aliphatic hydroxyl groups excluding tert-OH is 2. The highest BCUT2D eigenvalue weighted by Gasteiger charge is 2.45. The van der Waals surface area contributed by atoms with Crippen molar-refractivity contribution in [1.82, 2.24) is 20.5 Å². The Morgan fingerprint density at radius 2 is 1.77 bits per heavy atom. The SMILES string of the molecule is Cc1ncsc1-c1ccc([C@H](CO)NC(=O)C2C[C@@H](O)CN2C(=O)[C@@H](NC(=O)OC(C)(C)C)C(C)(C)C)cc1. The number of ether oxygens (including phenoxy) is 1. The Labute approximate surface area is 233 Å². The van der Waals surface area contributed by atoms with Crippen LogP contribution in [-0.2, 0) is 14.3 Å². The van der Waals surface area contributed by atoms with Gasteiger partial charge in [0.25, 0.3) is 0 Å². The molecular weight excluding hydrogens is 520 g/mol. The Morgan fingerprint density at radius 1 is 1.13 bits per heavy atom. The molecule has 1 aromatic carbocycles. The first-order chi connectivity index (χ1) is 18.1. The number of likely N-dealkylation sites (tertiary alicyclic amines) is 1. The van der Waals surface area contributed by atoms with E-state index in [0.717, 1.165) is 16.1 Å². The summed E-state index contributed by atoms with van der Waals surface area (Å²) >= 11 is 1.54. The quantitative estimate of drug-likeness (QED) is 0.408. The van der Waals surface area contributed by atoms with E-state index in [4.69, 9.17) is 4.74 Å². The number of hydrogen-bond acceptors (Lipinski definition) is 8. The fourth-order valence-electron chi connectivity index (χ4n) is 4.49. The molecule has 1 saturated heterocycles. The maximum Gasteiger partial charge on any atom is 0.408 e. The van der Waals surface area contributed by atoms with Crippen LogP contribution in [0.1, 0.15) is 65.3 Å². The van der Waals surface area contributed by atoms with Gasteiger partial charge in [-0.3, -0.25) is 9.59 Å². The number of β-amino-alcohol motifs (C(OH)–C–C–N with tert-alkyl or cyclic N) is 1. The number of nitrogens with zero attached hydrogens (tertiary/aromatic N) is 2. The highest BCUT2D eigenvalue weighted by atomic mass is 32.1. The average molecular weight is 561 g/mol. The predicted molar refractivity (Wildman–Crippen MR) is 149 cm³/mol. The van der Waals surface area contributed by atoms with Gasteiger partial charge in [-0.15, -0.1) is 11.3 Å². The summed E-state index contributed by atoms with van der Waals surface area (Å²) in [5.41, 5.74) is 2.95. The fraction of sp³-hybridized carbons (Fsp3) is 0.571. The van der Waals surface area contributed by atoms with Crippen LogP contribution in [0.25, 0.3) is 10.4 Å². The summed E-state index contributed by atoms with van der Waals surface area (Å²) in [7, 11) is 0. The van der Waals surface area contributed by atoms with E-state index in [-0.39, 0.29) is 19.6 Å². The molecule has 4 N–H and O–H groups in total. The standard InChI is InChI=1S/C28H40N4O6S/c1-16-22(39-15-29-16)18-10-8-17(9-11-18)20(14-33)30-24(35)21-12-19(34)13-32(21)25(36)23(27(2,3)4)31-26(37)38-28(5,6)7/h8-11,15,19-21,23,33-34H,12-14H2,1-7H3,(H,30,35)(H,31,37)/t19-,20+,21?,23-/m1/s1. The molecule has 3 amide bonds. The molecular formula is C28H40N4O6S. The molecule has 2 heterocycles. The maximum atomic E-state index is 13.7. The van der Waals surface area contributed by atoms with Crippen molar-refractivity contribution < 1.29 is 29.3 Å². The number of benzene rings is 1. The minimum absolute atomic E-state index is 0.0443. The number of aryl methyl sites for hydroxylation is 1. The van der Waals surface area contributed by atoms with Crippen molar-refractivity contribution in [2.24, 2.45) is 5.41 Å². The van der Waals surface area contributed by atoms with Gasteiger partial charge in [-0.2, -0.15) is 0 Å². The number of amides is 3. The number of carbonyl (C=O) groups excluding carboxylic acids is 3. The molecule has 39 heavy (non-hydrogen) atoms. The summed E-state index contributed by atoms with van der Waals surface area (Å²) in [4.78, 5) is 46.2. The molecule has 10 nitrogen and oxygen atoms in total. The van der Waals surface area contributed by atoms with E-state index < -0.39 is 53.2 Å². The average Bonchev–Trinajstić information content (AvgIpc) is 3.44. The van der Waals surface area contributed by atoms with Crippen molar-refractivity contribution in [3.63, 3.8) is 0 Å². The van der Waals surface area contributed by atoms with Crippen molar-refractivity contribution in [3.8, 4) is 10.4 Å². The van der Waals surface area contributed by atoms with Gasteiger partial charge in [0.15, 0.2) is 0 Å². The zero-order chi connectivity index (χ0) is 29.1. The van der Waals surface area contributed by atoms with Gasteiger partial charge in [0, 0.05) is 13.0 Å². The summed E-state index contributed by atoms with van der Waals surface area (Å²) in [6, 6.07) is 4.83. The lowest BCUT2D eigenvalue weighted by Crippen LogP contribution is -2.58. The van der Waals surface area contributed by atoms with Crippen molar-refractivity contribution in [2.45, 2.75) is 84.7 Å². The number of carbonyl (C=O) groups is 3. The minimum Gasteiger partial charge on any atom is -0.444 e. The van der Waals surface area contributed by atoms with Gasteiger partial charge in [-0.05, 0) is 44.2 Å². The molecule has 1 aliphatic rings. The highest BCUT2D eigenvalue weighted by molar-refractivity contribution is 7.13. The van der Waals surface area contributed by atoms with E-state index in [0.29, 0.717) is 5.56 Å². The van der Waals surface area contributed by atoms with E-state index in [9.17, 15) is 24.6 Å². The van der Waals surface area contributed by atoms with Gasteiger partial charge in [-0.1, -0.05) is 45.0 Å². The van der Waals surface area contributed by atoms with E-state index in [2.05, 4.69) is 15.6 Å². The second-order valence-electron chi connectivity index (χ2n) is 12.0. The molecule has 2 aromatic rings. The predicted octanol–water partition coefficient (Wildman–Crippen LogP) is 3.17. The molecule has 0 spiro atoms. The first kappa shape index (κ1) is 30.5. The monoisotopic (exact) mass is 560 g/mol. The second kappa shape index (κ2) is 12.0. The second-order valence-corrected chi connectivity index (χ2v) is 12.8. The van der Waals surface area contributed by atoms with Crippen LogP contribution in [0.2, 0.25) is 0 Å². The molecule has 1 aliphatic heterocycles. The van der Waals surface area contributed by atoms with E-state index in [1.54, 1.807) is 47.1 Å². The van der Waals surface area contributed by atoms with Crippen molar-refractivity contribution in [3.05, 3.63) is 41.0 Å². The van der Waals surface area contributed by atoms with Crippen LogP contribution >= 0.6 is 11.3 Å². The van der Waals surface area contributed by atoms with Gasteiger partial charge in [0.05, 0.1) is 34.8 Å². The summed E-state index contributed by atoms with van der Waals surface area (Å²) in [5, 5.41) is 26.0. The lowest BCUT2D eigenvalue weighted by molar-refractivity contribution is -0.142. The largest absolute Gasteiger partial charge is 0.444 e. The Balaban J connectivity index is 1.76. The number of alkyl carbamates (subject to hydrolysis) is 1. The molecule has 0 saturated carbocycles. The van der Waals surface area contributed by atoms with Gasteiger partial charge < -0.3 is 30.5 Å². The van der Waals surface area contributed by atoms with Crippen LogP contribution in [0.4, 0.5) is 4.79 Å². The minimum atomic E-state index is -0.996. The lowest BCUT2D eigenvalue weighted by atomic mass is 9.85. The lowest BCUT2D eigenvalue weighted by Gasteiger charge is -2.36. The molecule has 1 fully saturated rings. The topological polar surface area (TPSA) is 141 Å². The third-order valence-corrected chi connectivity index (χ3v) is 7.44. The van der Waals surface area contributed by atoms with Crippen LogP contribution < -0.4 is 10.6 Å². The van der Waals surface area contributed by atoms with Crippen molar-refractivity contribution >= 4 is 29.2 Å². The van der Waals surface area contributed by atoms with Crippen molar-refractivity contribution in [2.75, 3.05) is 13.2 Å². The fourth-order valence-corrected chi connectivity index (χ4v) is 5.31. The van der Waals surface area contributed by atoms with Gasteiger partial charge in [0.2, 0.25) is 11.8 Å². The number of rotatable bonds is 7. The number of hydrogen-bond donors (Lipinski definition) is 4. The summed E-state index contributed by atoms with van der Waals surface area (Å²) in [5.74, 6) is -0.985. The highest BCUT2D eigenvalue weighted by Crippen LogP contribution is 2.29. The smallest absolute Gasteiger partial charge is 0.408 e. The zero-order valence-electron chi connectivity index (χ0n) is 23.6. The van der Waals surface area contributed by atoms with Gasteiger partial charge >= 0.3 is 6.09 Å².